The summed E-state index contributed by atoms with van der Waals surface area (Å²) >= 11 is 1.51. The van der Waals surface area contributed by atoms with Crippen LogP contribution in [0.25, 0.3) is 0 Å². The number of hydrogen-bond acceptors (Lipinski definition) is 8. The molecule has 29 heavy (non-hydrogen) atoms. The maximum absolute atomic E-state index is 12.5. The number of carbonyl (C=O) groups is 1. The van der Waals surface area contributed by atoms with Crippen LogP contribution >= 0.6 is 11.3 Å². The van der Waals surface area contributed by atoms with Crippen molar-refractivity contribution in [1.82, 2.24) is 25.1 Å². The Hall–Kier alpha value is -1.97. The highest BCUT2D eigenvalue weighted by Gasteiger charge is 2.42. The number of piperidine rings is 1. The molecular weight excluding hydrogens is 388 g/mol. The van der Waals surface area contributed by atoms with Crippen molar-refractivity contribution in [3.05, 3.63) is 28.3 Å². The lowest BCUT2D eigenvalue weighted by Gasteiger charge is -2.43. The van der Waals surface area contributed by atoms with Crippen molar-refractivity contribution in [2.75, 3.05) is 31.6 Å². The molecule has 1 saturated carbocycles. The minimum atomic E-state index is -0.328. The number of carbonyl (C=O) groups excluding carboxylic acids is 1. The van der Waals surface area contributed by atoms with E-state index < -0.39 is 0 Å². The van der Waals surface area contributed by atoms with E-state index in [-0.39, 0.29) is 11.5 Å². The first-order valence-corrected chi connectivity index (χ1v) is 11.3. The molecule has 2 fully saturated rings. The van der Waals surface area contributed by atoms with Crippen LogP contribution in [-0.2, 0) is 21.6 Å². The van der Waals surface area contributed by atoms with Crippen LogP contribution in [0, 0.1) is 6.92 Å². The highest BCUT2D eigenvalue weighted by atomic mass is 32.1. The second kappa shape index (κ2) is 7.70. The minimum Gasteiger partial charge on any atom is -0.368 e. The van der Waals surface area contributed by atoms with Crippen LogP contribution in [0.15, 0.2) is 6.20 Å². The van der Waals surface area contributed by atoms with E-state index in [1.807, 2.05) is 13.1 Å². The molecule has 3 aliphatic rings. The fraction of sp³-hybridized carbons (Fsp3) is 0.650. The van der Waals surface area contributed by atoms with Crippen LogP contribution in [0.2, 0.25) is 0 Å². The summed E-state index contributed by atoms with van der Waals surface area (Å²) in [5, 5.41) is 13.0. The topological polar surface area (TPSA) is 93.1 Å². The maximum atomic E-state index is 12.5. The third-order valence-electron chi connectivity index (χ3n) is 6.34. The Balaban J connectivity index is 1.18. The first-order chi connectivity index (χ1) is 14.1. The summed E-state index contributed by atoms with van der Waals surface area (Å²) < 4.78 is 6.24. The van der Waals surface area contributed by atoms with Gasteiger partial charge in [-0.05, 0) is 44.6 Å². The summed E-state index contributed by atoms with van der Waals surface area (Å²) in [5.74, 6) is 1.30. The van der Waals surface area contributed by atoms with E-state index in [2.05, 4.69) is 25.4 Å². The second-order valence-corrected chi connectivity index (χ2v) is 9.29. The van der Waals surface area contributed by atoms with Gasteiger partial charge in [-0.2, -0.15) is 0 Å². The number of hydrogen-bond donors (Lipinski definition) is 1. The standard InChI is InChI=1S/C20H26N6O2S/c1-13-21-11-15-5-10-28-20(17(15)22-13)6-8-26(9-7-20)12-16(27)23-19-25-24-18(29-19)14-3-2-4-14/h11,14H,2-10,12H2,1H3,(H,23,25,27). The van der Waals surface area contributed by atoms with Gasteiger partial charge in [0.1, 0.15) is 16.4 Å². The molecule has 0 radical (unpaired) electrons. The lowest BCUT2D eigenvalue weighted by atomic mass is 9.83. The molecule has 2 aromatic rings. The fourth-order valence-electron chi connectivity index (χ4n) is 4.42. The zero-order valence-electron chi connectivity index (χ0n) is 16.7. The van der Waals surface area contributed by atoms with Gasteiger partial charge in [0.25, 0.3) is 0 Å². The molecule has 0 bridgehead atoms. The summed E-state index contributed by atoms with van der Waals surface area (Å²) in [6, 6.07) is 0. The zero-order chi connectivity index (χ0) is 19.8. The lowest BCUT2D eigenvalue weighted by Crippen LogP contribution is -2.48. The molecule has 0 unspecified atom stereocenters. The van der Waals surface area contributed by atoms with Gasteiger partial charge in [-0.25, -0.2) is 9.97 Å². The molecule has 0 aromatic carbocycles. The molecule has 0 atom stereocenters. The van der Waals surface area contributed by atoms with Crippen LogP contribution in [0.1, 0.15) is 60.1 Å². The van der Waals surface area contributed by atoms with E-state index in [4.69, 9.17) is 9.72 Å². The molecule has 1 saturated heterocycles. The molecule has 1 aliphatic carbocycles. The first-order valence-electron chi connectivity index (χ1n) is 10.4. The molecule has 154 valence electrons. The van der Waals surface area contributed by atoms with E-state index in [9.17, 15) is 4.79 Å². The maximum Gasteiger partial charge on any atom is 0.240 e. The molecule has 5 rings (SSSR count). The Kier molecular flexibility index (Phi) is 5.05. The summed E-state index contributed by atoms with van der Waals surface area (Å²) in [6.45, 7) is 4.61. The van der Waals surface area contributed by atoms with Crippen molar-refractivity contribution in [3.63, 3.8) is 0 Å². The van der Waals surface area contributed by atoms with E-state index in [1.165, 1.54) is 36.2 Å². The smallest absolute Gasteiger partial charge is 0.240 e. The molecule has 2 aromatic heterocycles. The van der Waals surface area contributed by atoms with Crippen molar-refractivity contribution in [1.29, 1.82) is 0 Å². The monoisotopic (exact) mass is 414 g/mol. The summed E-state index contributed by atoms with van der Waals surface area (Å²) in [7, 11) is 0. The quantitative estimate of drug-likeness (QED) is 0.821. The van der Waals surface area contributed by atoms with Gasteiger partial charge in [-0.3, -0.25) is 15.0 Å². The van der Waals surface area contributed by atoms with Crippen molar-refractivity contribution in [2.24, 2.45) is 0 Å². The third kappa shape index (κ3) is 3.78. The lowest BCUT2D eigenvalue weighted by molar-refractivity contribution is -0.122. The van der Waals surface area contributed by atoms with Gasteiger partial charge in [-0.15, -0.1) is 10.2 Å². The number of ether oxygens (including phenoxy) is 1. The Bertz CT molecular complexity index is 904. The number of aryl methyl sites for hydroxylation is 1. The van der Waals surface area contributed by atoms with E-state index in [1.54, 1.807) is 0 Å². The van der Waals surface area contributed by atoms with Crippen LogP contribution < -0.4 is 5.32 Å². The highest BCUT2D eigenvalue weighted by Crippen LogP contribution is 2.40. The van der Waals surface area contributed by atoms with E-state index in [0.717, 1.165) is 48.9 Å². The predicted octanol–water partition coefficient (Wildman–Crippen LogP) is 2.41. The molecule has 9 heteroatoms. The Morgan fingerprint density at radius 1 is 1.34 bits per heavy atom. The molecule has 8 nitrogen and oxygen atoms in total. The number of nitrogens with zero attached hydrogens (tertiary/aromatic N) is 5. The van der Waals surface area contributed by atoms with Crippen LogP contribution in [0.4, 0.5) is 5.13 Å². The third-order valence-corrected chi connectivity index (χ3v) is 7.34. The second-order valence-electron chi connectivity index (χ2n) is 8.28. The van der Waals surface area contributed by atoms with Gasteiger partial charge in [0.2, 0.25) is 11.0 Å². The molecular formula is C20H26N6O2S. The summed E-state index contributed by atoms with van der Waals surface area (Å²) in [5.41, 5.74) is 1.93. The predicted molar refractivity (Wildman–Crippen MR) is 109 cm³/mol. The van der Waals surface area contributed by atoms with Crippen molar-refractivity contribution < 1.29 is 9.53 Å². The average molecular weight is 415 g/mol. The van der Waals surface area contributed by atoms with Crippen molar-refractivity contribution in [3.8, 4) is 0 Å². The Labute approximate surface area is 174 Å². The minimum absolute atomic E-state index is 0.0274. The molecule has 1 N–H and O–H groups in total. The number of nitrogens with one attached hydrogen (secondary N) is 1. The number of amides is 1. The normalized spacial score (nSPS) is 21.6. The van der Waals surface area contributed by atoms with Crippen LogP contribution in [0.5, 0.6) is 0 Å². The zero-order valence-corrected chi connectivity index (χ0v) is 17.5. The van der Waals surface area contributed by atoms with Gasteiger partial charge in [0.05, 0.1) is 18.8 Å². The van der Waals surface area contributed by atoms with Crippen molar-refractivity contribution in [2.45, 2.75) is 57.0 Å². The number of likely N-dealkylation sites (tertiary alicyclic amines) is 1. The molecule has 4 heterocycles. The average Bonchev–Trinajstić information content (AvgIpc) is 3.10. The fourth-order valence-corrected chi connectivity index (χ4v) is 5.35. The number of fused-ring (bicyclic) bond motifs is 2. The SMILES string of the molecule is Cc1ncc2c(n1)C1(CCN(CC(=O)Nc3nnc(C4CCC4)s3)CC1)OCC2. The number of rotatable bonds is 4. The number of anilines is 1. The number of aromatic nitrogens is 4. The van der Waals surface area contributed by atoms with Gasteiger partial charge in [0, 0.05) is 25.2 Å². The van der Waals surface area contributed by atoms with Crippen LogP contribution in [0.3, 0.4) is 0 Å². The summed E-state index contributed by atoms with van der Waals surface area (Å²) in [6.07, 6.45) is 8.14. The Morgan fingerprint density at radius 2 is 2.17 bits per heavy atom. The van der Waals surface area contributed by atoms with Gasteiger partial charge >= 0.3 is 0 Å². The Morgan fingerprint density at radius 3 is 2.93 bits per heavy atom. The molecule has 1 spiro atoms. The van der Waals surface area contributed by atoms with Gasteiger partial charge in [0.15, 0.2) is 0 Å². The van der Waals surface area contributed by atoms with E-state index in [0.29, 0.717) is 24.2 Å². The molecule has 2 aliphatic heterocycles. The van der Waals surface area contributed by atoms with Gasteiger partial charge < -0.3 is 4.74 Å². The van der Waals surface area contributed by atoms with Crippen LogP contribution in [-0.4, -0.2) is 57.2 Å². The van der Waals surface area contributed by atoms with Gasteiger partial charge in [-0.1, -0.05) is 17.8 Å². The highest BCUT2D eigenvalue weighted by molar-refractivity contribution is 7.15. The molecule has 1 amide bonds. The van der Waals surface area contributed by atoms with E-state index >= 15 is 0 Å². The summed E-state index contributed by atoms with van der Waals surface area (Å²) in [4.78, 5) is 23.7. The van der Waals surface area contributed by atoms with Crippen molar-refractivity contribution >= 4 is 22.4 Å². The first kappa shape index (κ1) is 19.0. The largest absolute Gasteiger partial charge is 0.368 e.